The molecule has 0 amide bonds. The predicted molar refractivity (Wildman–Crippen MR) is 67.9 cm³/mol. The van der Waals surface area contributed by atoms with Crippen LogP contribution in [0.2, 0.25) is 0 Å². The Morgan fingerprint density at radius 2 is 2.24 bits per heavy atom. The highest BCUT2D eigenvalue weighted by Gasteiger charge is 2.01. The first-order valence-electron chi connectivity index (χ1n) is 5.27. The second-order valence-corrected chi connectivity index (χ2v) is 3.50. The Morgan fingerprint density at radius 3 is 2.88 bits per heavy atom. The van der Waals surface area contributed by atoms with Gasteiger partial charge in [0.25, 0.3) is 0 Å². The van der Waals surface area contributed by atoms with Gasteiger partial charge in [0.1, 0.15) is 12.4 Å². The highest BCUT2D eigenvalue weighted by Crippen LogP contribution is 2.21. The molecule has 0 radical (unpaired) electrons. The highest BCUT2D eigenvalue weighted by atomic mass is 16.5. The molecule has 1 rings (SSSR count). The normalized spacial score (nSPS) is 10.2. The Bertz CT molecular complexity index is 433. The molecule has 3 heteroatoms. The summed E-state index contributed by atoms with van der Waals surface area (Å²) in [6.07, 6.45) is 4.71. The van der Waals surface area contributed by atoms with E-state index in [0.29, 0.717) is 6.61 Å². The van der Waals surface area contributed by atoms with Crippen molar-refractivity contribution >= 4 is 12.0 Å². The van der Waals surface area contributed by atoms with Gasteiger partial charge in [0, 0.05) is 11.6 Å². The number of esters is 1. The van der Waals surface area contributed by atoms with Crippen LogP contribution in [0.15, 0.2) is 36.9 Å². The Kier molecular flexibility index (Phi) is 5.01. The summed E-state index contributed by atoms with van der Waals surface area (Å²) < 4.78 is 10.0. The number of hydrogen-bond donors (Lipinski definition) is 0. The zero-order valence-corrected chi connectivity index (χ0v) is 10.1. The maximum absolute atomic E-state index is 11.0. The Balaban J connectivity index is 2.93. The highest BCUT2D eigenvalue weighted by molar-refractivity contribution is 5.87. The third-order valence-electron chi connectivity index (χ3n) is 2.13. The molecule has 0 aliphatic carbocycles. The average Bonchev–Trinajstić information content (AvgIpc) is 2.34. The molecule has 1 aromatic rings. The van der Waals surface area contributed by atoms with Crippen molar-refractivity contribution in [3.63, 3.8) is 0 Å². The molecule has 0 aliphatic rings. The zero-order valence-electron chi connectivity index (χ0n) is 10.1. The lowest BCUT2D eigenvalue weighted by molar-refractivity contribution is -0.134. The van der Waals surface area contributed by atoms with Crippen LogP contribution in [0.4, 0.5) is 0 Å². The summed E-state index contributed by atoms with van der Waals surface area (Å²) in [6.45, 7) is 6.01. The maximum Gasteiger partial charge on any atom is 0.330 e. The quantitative estimate of drug-likeness (QED) is 0.445. The fourth-order valence-corrected chi connectivity index (χ4v) is 1.28. The number of aryl methyl sites for hydroxylation is 1. The second kappa shape index (κ2) is 6.53. The molecule has 0 saturated carbocycles. The SMILES string of the molecule is C=CCOc1cc(C)ccc1/C=C/C(=O)OC. The van der Waals surface area contributed by atoms with E-state index in [1.165, 1.54) is 13.2 Å². The molecule has 90 valence electrons. The Morgan fingerprint density at radius 1 is 1.47 bits per heavy atom. The van der Waals surface area contributed by atoms with Gasteiger partial charge in [-0.1, -0.05) is 24.8 Å². The fraction of sp³-hybridized carbons (Fsp3) is 0.214. The molecule has 3 nitrogen and oxygen atoms in total. The molecule has 0 unspecified atom stereocenters. The van der Waals surface area contributed by atoms with Gasteiger partial charge >= 0.3 is 5.97 Å². The summed E-state index contributed by atoms with van der Waals surface area (Å²) in [5.74, 6) is 0.338. The van der Waals surface area contributed by atoms with Crippen molar-refractivity contribution in [3.8, 4) is 5.75 Å². The van der Waals surface area contributed by atoms with Crippen LogP contribution >= 0.6 is 0 Å². The molecule has 0 fully saturated rings. The first-order chi connectivity index (χ1) is 8.17. The lowest BCUT2D eigenvalue weighted by Gasteiger charge is -2.08. The van der Waals surface area contributed by atoms with Crippen molar-refractivity contribution in [1.29, 1.82) is 0 Å². The smallest absolute Gasteiger partial charge is 0.330 e. The van der Waals surface area contributed by atoms with Gasteiger partial charge in [0.15, 0.2) is 0 Å². The first-order valence-corrected chi connectivity index (χ1v) is 5.27. The topological polar surface area (TPSA) is 35.5 Å². The molecule has 0 bridgehead atoms. The summed E-state index contributed by atoms with van der Waals surface area (Å²) in [6, 6.07) is 5.77. The number of carbonyl (C=O) groups excluding carboxylic acids is 1. The molecule has 17 heavy (non-hydrogen) atoms. The van der Waals surface area contributed by atoms with Gasteiger partial charge in [-0.2, -0.15) is 0 Å². The lowest BCUT2D eigenvalue weighted by atomic mass is 10.1. The van der Waals surface area contributed by atoms with Gasteiger partial charge in [-0.25, -0.2) is 4.79 Å². The first kappa shape index (κ1) is 13.0. The Labute approximate surface area is 101 Å². The fourth-order valence-electron chi connectivity index (χ4n) is 1.28. The minimum absolute atomic E-state index is 0.389. The molecule has 0 aromatic heterocycles. The summed E-state index contributed by atoms with van der Waals surface area (Å²) >= 11 is 0. The number of methoxy groups -OCH3 is 1. The van der Waals surface area contributed by atoms with E-state index in [0.717, 1.165) is 16.9 Å². The monoisotopic (exact) mass is 232 g/mol. The Hall–Kier alpha value is -2.03. The van der Waals surface area contributed by atoms with Crippen molar-refractivity contribution in [2.75, 3.05) is 13.7 Å². The van der Waals surface area contributed by atoms with E-state index in [2.05, 4.69) is 11.3 Å². The minimum atomic E-state index is -0.389. The molecule has 0 spiro atoms. The van der Waals surface area contributed by atoms with Crippen LogP contribution in [0, 0.1) is 6.92 Å². The van der Waals surface area contributed by atoms with E-state index in [9.17, 15) is 4.79 Å². The van der Waals surface area contributed by atoms with E-state index >= 15 is 0 Å². The molecule has 0 N–H and O–H groups in total. The van der Waals surface area contributed by atoms with Crippen LogP contribution < -0.4 is 4.74 Å². The van der Waals surface area contributed by atoms with Crippen molar-refractivity contribution in [2.24, 2.45) is 0 Å². The molecule has 0 heterocycles. The molecular formula is C14H16O3. The van der Waals surface area contributed by atoms with Crippen molar-refractivity contribution in [1.82, 2.24) is 0 Å². The van der Waals surface area contributed by atoms with Gasteiger partial charge < -0.3 is 9.47 Å². The summed E-state index contributed by atoms with van der Waals surface area (Å²) in [7, 11) is 1.34. The van der Waals surface area contributed by atoms with E-state index in [1.54, 1.807) is 12.2 Å². The summed E-state index contributed by atoms with van der Waals surface area (Å²) in [5, 5.41) is 0. The van der Waals surface area contributed by atoms with Crippen LogP contribution in [0.25, 0.3) is 6.08 Å². The molecule has 0 aliphatic heterocycles. The van der Waals surface area contributed by atoms with Gasteiger partial charge in [-0.3, -0.25) is 0 Å². The van der Waals surface area contributed by atoms with Crippen molar-refractivity contribution in [2.45, 2.75) is 6.92 Å². The van der Waals surface area contributed by atoms with Gasteiger partial charge in [0.05, 0.1) is 7.11 Å². The predicted octanol–water partition coefficient (Wildman–Crippen LogP) is 2.75. The van der Waals surface area contributed by atoms with Crippen LogP contribution in [0.1, 0.15) is 11.1 Å². The van der Waals surface area contributed by atoms with Crippen LogP contribution in [0.5, 0.6) is 5.75 Å². The van der Waals surface area contributed by atoms with E-state index in [-0.39, 0.29) is 5.97 Å². The van der Waals surface area contributed by atoms with Gasteiger partial charge in [-0.15, -0.1) is 0 Å². The maximum atomic E-state index is 11.0. The average molecular weight is 232 g/mol. The molecule has 0 saturated heterocycles. The molecular weight excluding hydrogens is 216 g/mol. The number of ether oxygens (including phenoxy) is 2. The summed E-state index contributed by atoms with van der Waals surface area (Å²) in [5.41, 5.74) is 1.93. The van der Waals surface area contributed by atoms with Gasteiger partial charge in [-0.05, 0) is 24.6 Å². The van der Waals surface area contributed by atoms with Crippen molar-refractivity contribution in [3.05, 3.63) is 48.1 Å². The number of hydrogen-bond acceptors (Lipinski definition) is 3. The minimum Gasteiger partial charge on any atom is -0.489 e. The van der Waals surface area contributed by atoms with Crippen LogP contribution in [0.3, 0.4) is 0 Å². The van der Waals surface area contributed by atoms with Crippen LogP contribution in [-0.4, -0.2) is 19.7 Å². The van der Waals surface area contributed by atoms with E-state index in [1.807, 2.05) is 25.1 Å². The molecule has 1 aromatic carbocycles. The largest absolute Gasteiger partial charge is 0.489 e. The van der Waals surface area contributed by atoms with E-state index in [4.69, 9.17) is 4.74 Å². The number of rotatable bonds is 5. The van der Waals surface area contributed by atoms with E-state index < -0.39 is 0 Å². The molecule has 0 atom stereocenters. The third kappa shape index (κ3) is 4.15. The lowest BCUT2D eigenvalue weighted by Crippen LogP contribution is -1.97. The standard InChI is InChI=1S/C14H16O3/c1-4-9-17-13-10-11(2)5-6-12(13)7-8-14(15)16-3/h4-8,10H,1,9H2,2-3H3/b8-7+. The second-order valence-electron chi connectivity index (χ2n) is 3.50. The van der Waals surface area contributed by atoms with Crippen LogP contribution in [-0.2, 0) is 9.53 Å². The van der Waals surface area contributed by atoms with Crippen molar-refractivity contribution < 1.29 is 14.3 Å². The third-order valence-corrected chi connectivity index (χ3v) is 2.13. The number of benzene rings is 1. The number of carbonyl (C=O) groups is 1. The zero-order chi connectivity index (χ0) is 12.7. The van der Waals surface area contributed by atoms with Gasteiger partial charge in [0.2, 0.25) is 0 Å². The summed E-state index contributed by atoms with van der Waals surface area (Å²) in [4.78, 5) is 11.0.